The molecule has 124 valence electrons. The Morgan fingerprint density at radius 2 is 2.04 bits per heavy atom. The van der Waals surface area contributed by atoms with Crippen LogP contribution in [0.15, 0.2) is 18.2 Å². The van der Waals surface area contributed by atoms with Crippen LogP contribution in [0.5, 0.6) is 0 Å². The molecule has 0 radical (unpaired) electrons. The number of carbonyl (C=O) groups is 1. The maximum Gasteiger partial charge on any atom is 0.321 e. The van der Waals surface area contributed by atoms with Crippen molar-refractivity contribution < 1.29 is 4.79 Å². The average Bonchev–Trinajstić information content (AvgIpc) is 2.73. The van der Waals surface area contributed by atoms with Gasteiger partial charge in [-0.1, -0.05) is 17.7 Å². The number of hydrogen-bond acceptors (Lipinski definition) is 2. The van der Waals surface area contributed by atoms with Crippen LogP contribution in [0.25, 0.3) is 0 Å². The molecule has 2 aromatic rings. The number of nitrogens with one attached hydrogen (secondary N) is 1. The summed E-state index contributed by atoms with van der Waals surface area (Å²) in [5.41, 5.74) is 5.04. The second kappa shape index (κ2) is 7.04. The molecule has 1 aromatic heterocycles. The highest BCUT2D eigenvalue weighted by Gasteiger charge is 2.13. The van der Waals surface area contributed by atoms with Crippen LogP contribution in [0.4, 0.5) is 10.5 Å². The van der Waals surface area contributed by atoms with Gasteiger partial charge in [-0.2, -0.15) is 5.10 Å². The van der Waals surface area contributed by atoms with Gasteiger partial charge in [-0.05, 0) is 50.5 Å². The van der Waals surface area contributed by atoms with Crippen molar-refractivity contribution in [2.45, 2.75) is 27.2 Å². The van der Waals surface area contributed by atoms with E-state index < -0.39 is 0 Å². The Hall–Kier alpha value is -2.01. The number of anilines is 1. The van der Waals surface area contributed by atoms with Crippen molar-refractivity contribution in [1.82, 2.24) is 14.7 Å². The molecule has 0 unspecified atom stereocenters. The van der Waals surface area contributed by atoms with Crippen molar-refractivity contribution in [3.8, 4) is 0 Å². The largest absolute Gasteiger partial charge is 0.327 e. The Balaban J connectivity index is 1.96. The number of likely N-dealkylation sites (N-methyl/N-ethyl adjacent to an activating group) is 1. The van der Waals surface area contributed by atoms with Gasteiger partial charge in [-0.25, -0.2) is 4.79 Å². The Morgan fingerprint density at radius 1 is 1.35 bits per heavy atom. The molecule has 1 aromatic carbocycles. The van der Waals surface area contributed by atoms with Gasteiger partial charge in [0.1, 0.15) is 0 Å². The molecule has 0 aliphatic heterocycles. The van der Waals surface area contributed by atoms with Crippen LogP contribution in [0.3, 0.4) is 0 Å². The van der Waals surface area contributed by atoms with Crippen molar-refractivity contribution in [3.63, 3.8) is 0 Å². The fourth-order valence-electron chi connectivity index (χ4n) is 2.45. The first-order chi connectivity index (χ1) is 10.8. The Bertz CT molecular complexity index is 724. The van der Waals surface area contributed by atoms with E-state index in [1.54, 1.807) is 18.0 Å². The highest BCUT2D eigenvalue weighted by atomic mass is 35.5. The van der Waals surface area contributed by atoms with E-state index in [1.165, 1.54) is 5.56 Å². The zero-order valence-corrected chi connectivity index (χ0v) is 15.0. The minimum Gasteiger partial charge on any atom is -0.327 e. The Morgan fingerprint density at radius 3 is 2.61 bits per heavy atom. The molecule has 2 rings (SSSR count). The molecule has 0 spiro atoms. The number of urea groups is 1. The highest BCUT2D eigenvalue weighted by molar-refractivity contribution is 6.31. The van der Waals surface area contributed by atoms with Gasteiger partial charge in [-0.3, -0.25) is 4.68 Å². The molecule has 0 atom stereocenters. The molecule has 0 aliphatic carbocycles. The lowest BCUT2D eigenvalue weighted by atomic mass is 10.1. The third kappa shape index (κ3) is 4.05. The SMILES string of the molecule is Cc1ccc(NC(=O)N(C)CCc2c(C)nn(C)c2C)cc1Cl. The van der Waals surface area contributed by atoms with E-state index in [-0.39, 0.29) is 6.03 Å². The summed E-state index contributed by atoms with van der Waals surface area (Å²) in [4.78, 5) is 13.9. The summed E-state index contributed by atoms with van der Waals surface area (Å²) in [5.74, 6) is 0. The molecule has 0 saturated carbocycles. The molecule has 6 heteroatoms. The summed E-state index contributed by atoms with van der Waals surface area (Å²) < 4.78 is 1.87. The molecule has 0 saturated heterocycles. The van der Waals surface area contributed by atoms with Crippen molar-refractivity contribution in [2.24, 2.45) is 7.05 Å². The fraction of sp³-hybridized carbons (Fsp3) is 0.412. The van der Waals surface area contributed by atoms with E-state index in [9.17, 15) is 4.79 Å². The molecular formula is C17H23ClN4O. The molecular weight excluding hydrogens is 312 g/mol. The molecule has 1 heterocycles. The minimum atomic E-state index is -0.149. The Kier molecular flexibility index (Phi) is 5.31. The predicted molar refractivity (Wildman–Crippen MR) is 94.2 cm³/mol. The number of halogens is 1. The molecule has 1 N–H and O–H groups in total. The standard InChI is InChI=1S/C17H23ClN4O/c1-11-6-7-14(10-16(11)18)19-17(23)21(4)9-8-15-12(2)20-22(5)13(15)3/h6-7,10H,8-9H2,1-5H3,(H,19,23). The summed E-state index contributed by atoms with van der Waals surface area (Å²) >= 11 is 6.08. The smallest absolute Gasteiger partial charge is 0.321 e. The van der Waals surface area contributed by atoms with Gasteiger partial charge in [0.05, 0.1) is 5.69 Å². The van der Waals surface area contributed by atoms with Gasteiger partial charge >= 0.3 is 6.03 Å². The van der Waals surface area contributed by atoms with Crippen LogP contribution >= 0.6 is 11.6 Å². The van der Waals surface area contributed by atoms with Gasteiger partial charge in [0.2, 0.25) is 0 Å². The first-order valence-electron chi connectivity index (χ1n) is 7.57. The quantitative estimate of drug-likeness (QED) is 0.926. The second-order valence-corrected chi connectivity index (χ2v) is 6.25. The van der Waals surface area contributed by atoms with Crippen molar-refractivity contribution in [1.29, 1.82) is 0 Å². The molecule has 0 aliphatic rings. The van der Waals surface area contributed by atoms with Crippen LogP contribution in [0.1, 0.15) is 22.5 Å². The van der Waals surface area contributed by atoms with Crippen LogP contribution in [-0.4, -0.2) is 34.3 Å². The maximum absolute atomic E-state index is 12.3. The van der Waals surface area contributed by atoms with E-state index in [0.29, 0.717) is 17.3 Å². The first kappa shape index (κ1) is 17.3. The summed E-state index contributed by atoms with van der Waals surface area (Å²) in [6.45, 7) is 6.60. The summed E-state index contributed by atoms with van der Waals surface area (Å²) in [6, 6.07) is 5.35. The van der Waals surface area contributed by atoms with Gasteiger partial charge in [0.25, 0.3) is 0 Å². The number of aromatic nitrogens is 2. The number of nitrogens with zero attached hydrogens (tertiary/aromatic N) is 3. The van der Waals surface area contributed by atoms with Crippen molar-refractivity contribution in [3.05, 3.63) is 45.7 Å². The molecule has 2 amide bonds. The lowest BCUT2D eigenvalue weighted by molar-refractivity contribution is 0.223. The average molecular weight is 335 g/mol. The zero-order chi connectivity index (χ0) is 17.1. The van der Waals surface area contributed by atoms with Crippen molar-refractivity contribution in [2.75, 3.05) is 18.9 Å². The molecule has 0 fully saturated rings. The van der Waals surface area contributed by atoms with Gasteiger partial charge < -0.3 is 10.2 Å². The molecule has 23 heavy (non-hydrogen) atoms. The van der Waals surface area contributed by atoms with Gasteiger partial charge in [0, 0.05) is 37.0 Å². The van der Waals surface area contributed by atoms with Crippen LogP contribution in [-0.2, 0) is 13.5 Å². The zero-order valence-electron chi connectivity index (χ0n) is 14.3. The summed E-state index contributed by atoms with van der Waals surface area (Å²) in [6.07, 6.45) is 0.782. The number of amides is 2. The third-order valence-corrected chi connectivity index (χ3v) is 4.53. The lowest BCUT2D eigenvalue weighted by Gasteiger charge is -2.18. The van der Waals surface area contributed by atoms with Crippen LogP contribution in [0.2, 0.25) is 5.02 Å². The normalized spacial score (nSPS) is 10.7. The number of benzene rings is 1. The number of rotatable bonds is 4. The topological polar surface area (TPSA) is 50.2 Å². The summed E-state index contributed by atoms with van der Waals surface area (Å²) in [5, 5.41) is 7.91. The van der Waals surface area contributed by atoms with E-state index in [0.717, 1.165) is 23.4 Å². The highest BCUT2D eigenvalue weighted by Crippen LogP contribution is 2.20. The second-order valence-electron chi connectivity index (χ2n) is 5.84. The number of hydrogen-bond donors (Lipinski definition) is 1. The van der Waals surface area contributed by atoms with E-state index in [4.69, 9.17) is 11.6 Å². The van der Waals surface area contributed by atoms with Crippen molar-refractivity contribution >= 4 is 23.3 Å². The maximum atomic E-state index is 12.3. The van der Waals surface area contributed by atoms with Gasteiger partial charge in [-0.15, -0.1) is 0 Å². The molecule has 5 nitrogen and oxygen atoms in total. The predicted octanol–water partition coefficient (Wildman–Crippen LogP) is 3.71. The van der Waals surface area contributed by atoms with Crippen LogP contribution in [0, 0.1) is 20.8 Å². The van der Waals surface area contributed by atoms with E-state index >= 15 is 0 Å². The number of carbonyl (C=O) groups excluding carboxylic acids is 1. The first-order valence-corrected chi connectivity index (χ1v) is 7.94. The molecule has 0 bridgehead atoms. The number of aryl methyl sites for hydroxylation is 3. The monoisotopic (exact) mass is 334 g/mol. The van der Waals surface area contributed by atoms with E-state index in [1.807, 2.05) is 44.6 Å². The van der Waals surface area contributed by atoms with Gasteiger partial charge in [0.15, 0.2) is 0 Å². The lowest BCUT2D eigenvalue weighted by Crippen LogP contribution is -2.33. The van der Waals surface area contributed by atoms with E-state index in [2.05, 4.69) is 10.4 Å². The minimum absolute atomic E-state index is 0.149. The van der Waals surface area contributed by atoms with Crippen LogP contribution < -0.4 is 5.32 Å². The third-order valence-electron chi connectivity index (χ3n) is 4.13. The Labute approximate surface area is 142 Å². The summed E-state index contributed by atoms with van der Waals surface area (Å²) in [7, 11) is 3.72. The fourth-order valence-corrected chi connectivity index (χ4v) is 2.63.